The third kappa shape index (κ3) is 2.44. The van der Waals surface area contributed by atoms with Crippen LogP contribution in [0.2, 0.25) is 5.02 Å². The molecular formula is C11H18ClN3O. The van der Waals surface area contributed by atoms with Gasteiger partial charge in [-0.05, 0) is 27.3 Å². The fourth-order valence-corrected chi connectivity index (χ4v) is 1.61. The lowest BCUT2D eigenvalue weighted by atomic mass is 9.97. The monoisotopic (exact) mass is 243 g/mol. The molecule has 0 aliphatic rings. The Morgan fingerprint density at radius 3 is 2.75 bits per heavy atom. The normalized spacial score (nSPS) is 11.8. The standard InChI is InChI=1S/C11H18ClN3O/c1-5-6-15-9(8(12)7-14-15)10(16)11(2,3)13-4/h7,13H,5-6H2,1-4H3. The van der Waals surface area contributed by atoms with Crippen LogP contribution in [-0.2, 0) is 6.54 Å². The fourth-order valence-electron chi connectivity index (χ4n) is 1.38. The minimum absolute atomic E-state index is 0.0362. The number of rotatable bonds is 5. The Morgan fingerprint density at radius 2 is 2.25 bits per heavy atom. The molecule has 4 nitrogen and oxygen atoms in total. The summed E-state index contributed by atoms with van der Waals surface area (Å²) >= 11 is 6.01. The van der Waals surface area contributed by atoms with E-state index in [1.54, 1.807) is 11.7 Å². The van der Waals surface area contributed by atoms with Gasteiger partial charge < -0.3 is 5.32 Å². The molecule has 0 aliphatic carbocycles. The predicted octanol–water partition coefficient (Wildman–Crippen LogP) is 2.13. The number of aryl methyl sites for hydroxylation is 1. The zero-order chi connectivity index (χ0) is 12.3. The topological polar surface area (TPSA) is 46.9 Å². The molecule has 0 aliphatic heterocycles. The molecule has 16 heavy (non-hydrogen) atoms. The van der Waals surface area contributed by atoms with Gasteiger partial charge in [0, 0.05) is 6.54 Å². The third-order valence-corrected chi connectivity index (χ3v) is 2.91. The van der Waals surface area contributed by atoms with Gasteiger partial charge in [-0.15, -0.1) is 0 Å². The highest BCUT2D eigenvalue weighted by molar-refractivity contribution is 6.34. The average molecular weight is 244 g/mol. The van der Waals surface area contributed by atoms with Crippen molar-refractivity contribution in [2.45, 2.75) is 39.3 Å². The van der Waals surface area contributed by atoms with Crippen molar-refractivity contribution in [3.05, 3.63) is 16.9 Å². The van der Waals surface area contributed by atoms with E-state index in [9.17, 15) is 4.79 Å². The first kappa shape index (κ1) is 13.2. The Hall–Kier alpha value is -0.870. The summed E-state index contributed by atoms with van der Waals surface area (Å²) in [5, 5.41) is 7.51. The van der Waals surface area contributed by atoms with Crippen molar-refractivity contribution < 1.29 is 4.79 Å². The van der Waals surface area contributed by atoms with Crippen molar-refractivity contribution in [2.24, 2.45) is 0 Å². The maximum atomic E-state index is 12.3. The maximum Gasteiger partial charge on any atom is 0.201 e. The van der Waals surface area contributed by atoms with Gasteiger partial charge in [0.25, 0.3) is 0 Å². The van der Waals surface area contributed by atoms with Crippen LogP contribution in [0, 0.1) is 0 Å². The molecule has 0 aromatic carbocycles. The van der Waals surface area contributed by atoms with Gasteiger partial charge in [-0.1, -0.05) is 18.5 Å². The minimum Gasteiger partial charge on any atom is -0.308 e. The number of hydrogen-bond donors (Lipinski definition) is 1. The summed E-state index contributed by atoms with van der Waals surface area (Å²) in [5.41, 5.74) is -0.141. The van der Waals surface area contributed by atoms with E-state index in [1.807, 2.05) is 20.8 Å². The molecular weight excluding hydrogens is 226 g/mol. The molecule has 0 amide bonds. The molecule has 1 aromatic heterocycles. The third-order valence-electron chi connectivity index (χ3n) is 2.64. The number of carbonyl (C=O) groups is 1. The Balaban J connectivity index is 3.12. The van der Waals surface area contributed by atoms with Crippen LogP contribution in [0.1, 0.15) is 37.7 Å². The van der Waals surface area contributed by atoms with E-state index in [0.29, 0.717) is 17.3 Å². The second-order valence-corrected chi connectivity index (χ2v) is 4.68. The first-order chi connectivity index (χ1) is 7.44. The molecule has 5 heteroatoms. The molecule has 1 heterocycles. The zero-order valence-corrected chi connectivity index (χ0v) is 10.9. The van der Waals surface area contributed by atoms with Gasteiger partial charge in [0.2, 0.25) is 5.78 Å². The molecule has 0 unspecified atom stereocenters. The van der Waals surface area contributed by atoms with Gasteiger partial charge in [0.15, 0.2) is 0 Å². The highest BCUT2D eigenvalue weighted by atomic mass is 35.5. The van der Waals surface area contributed by atoms with Crippen LogP contribution in [0.4, 0.5) is 0 Å². The van der Waals surface area contributed by atoms with Crippen molar-refractivity contribution in [3.63, 3.8) is 0 Å². The van der Waals surface area contributed by atoms with Crippen molar-refractivity contribution in [1.29, 1.82) is 0 Å². The van der Waals surface area contributed by atoms with E-state index >= 15 is 0 Å². The minimum atomic E-state index is -0.630. The number of likely N-dealkylation sites (N-methyl/N-ethyl adjacent to an activating group) is 1. The highest BCUT2D eigenvalue weighted by Gasteiger charge is 2.31. The van der Waals surface area contributed by atoms with Gasteiger partial charge in [-0.25, -0.2) is 0 Å². The van der Waals surface area contributed by atoms with Gasteiger partial charge >= 0.3 is 0 Å². The van der Waals surface area contributed by atoms with E-state index in [0.717, 1.165) is 6.42 Å². The quantitative estimate of drug-likeness (QED) is 0.806. The van der Waals surface area contributed by atoms with E-state index in [2.05, 4.69) is 10.4 Å². The molecule has 0 atom stereocenters. The Kier molecular flexibility index (Phi) is 4.10. The first-order valence-electron chi connectivity index (χ1n) is 5.39. The van der Waals surface area contributed by atoms with E-state index in [-0.39, 0.29) is 5.78 Å². The Morgan fingerprint density at radius 1 is 1.62 bits per heavy atom. The lowest BCUT2D eigenvalue weighted by Gasteiger charge is -2.22. The predicted molar refractivity (Wildman–Crippen MR) is 65.0 cm³/mol. The SMILES string of the molecule is CCCn1ncc(Cl)c1C(=O)C(C)(C)NC. The number of hydrogen-bond acceptors (Lipinski definition) is 3. The van der Waals surface area contributed by atoms with Gasteiger partial charge in [0.1, 0.15) is 5.69 Å². The van der Waals surface area contributed by atoms with Crippen LogP contribution in [-0.4, -0.2) is 28.2 Å². The van der Waals surface area contributed by atoms with Gasteiger partial charge in [0.05, 0.1) is 16.8 Å². The summed E-state index contributed by atoms with van der Waals surface area (Å²) in [4.78, 5) is 12.3. The molecule has 0 radical (unpaired) electrons. The number of nitrogens with zero attached hydrogens (tertiary/aromatic N) is 2. The van der Waals surface area contributed by atoms with Crippen LogP contribution in [0.5, 0.6) is 0 Å². The lowest BCUT2D eigenvalue weighted by Crippen LogP contribution is -2.45. The molecule has 1 rings (SSSR count). The molecule has 1 N–H and O–H groups in total. The Bertz CT molecular complexity index is 385. The van der Waals surface area contributed by atoms with E-state index in [1.165, 1.54) is 6.20 Å². The molecule has 1 aromatic rings. The molecule has 0 fully saturated rings. The van der Waals surface area contributed by atoms with E-state index in [4.69, 9.17) is 11.6 Å². The van der Waals surface area contributed by atoms with Crippen molar-refractivity contribution >= 4 is 17.4 Å². The second kappa shape index (κ2) is 4.97. The summed E-state index contributed by atoms with van der Waals surface area (Å²) < 4.78 is 1.67. The summed E-state index contributed by atoms with van der Waals surface area (Å²) in [5.74, 6) is -0.0362. The Labute approximate surface area is 101 Å². The van der Waals surface area contributed by atoms with Crippen LogP contribution in [0.3, 0.4) is 0 Å². The van der Waals surface area contributed by atoms with Crippen molar-refractivity contribution in [1.82, 2.24) is 15.1 Å². The number of ketones is 1. The second-order valence-electron chi connectivity index (χ2n) is 4.27. The van der Waals surface area contributed by atoms with Crippen LogP contribution >= 0.6 is 11.6 Å². The first-order valence-corrected chi connectivity index (χ1v) is 5.76. The number of aromatic nitrogens is 2. The summed E-state index contributed by atoms with van der Waals surface area (Å²) in [7, 11) is 1.76. The zero-order valence-electron chi connectivity index (χ0n) is 10.2. The molecule has 0 spiro atoms. The van der Waals surface area contributed by atoms with Crippen molar-refractivity contribution in [3.8, 4) is 0 Å². The van der Waals surface area contributed by atoms with Crippen LogP contribution in [0.25, 0.3) is 0 Å². The number of Topliss-reactive ketones (excluding diaryl/α,β-unsaturated/α-hetero) is 1. The fraction of sp³-hybridized carbons (Fsp3) is 0.636. The van der Waals surface area contributed by atoms with Crippen molar-refractivity contribution in [2.75, 3.05) is 7.05 Å². The molecule has 0 saturated carbocycles. The molecule has 0 bridgehead atoms. The van der Waals surface area contributed by atoms with Crippen LogP contribution < -0.4 is 5.32 Å². The smallest absolute Gasteiger partial charge is 0.201 e. The number of halogens is 1. The molecule has 90 valence electrons. The summed E-state index contributed by atoms with van der Waals surface area (Å²) in [6.45, 7) is 6.39. The summed E-state index contributed by atoms with van der Waals surface area (Å²) in [6, 6.07) is 0. The maximum absolute atomic E-state index is 12.3. The van der Waals surface area contributed by atoms with Crippen LogP contribution in [0.15, 0.2) is 6.20 Å². The average Bonchev–Trinajstić information content (AvgIpc) is 2.59. The molecule has 0 saturated heterocycles. The largest absolute Gasteiger partial charge is 0.308 e. The van der Waals surface area contributed by atoms with E-state index < -0.39 is 5.54 Å². The lowest BCUT2D eigenvalue weighted by molar-refractivity contribution is 0.0878. The van der Waals surface area contributed by atoms with Gasteiger partial charge in [-0.3, -0.25) is 9.48 Å². The van der Waals surface area contributed by atoms with Gasteiger partial charge in [-0.2, -0.15) is 5.10 Å². The highest BCUT2D eigenvalue weighted by Crippen LogP contribution is 2.21. The summed E-state index contributed by atoms with van der Waals surface area (Å²) in [6.07, 6.45) is 2.44. The number of nitrogens with one attached hydrogen (secondary N) is 1. The number of carbonyl (C=O) groups excluding carboxylic acids is 1.